The molecule has 0 unspecified atom stereocenters. The minimum atomic E-state index is 0.778. The van der Waals surface area contributed by atoms with E-state index in [4.69, 9.17) is 0 Å². The second-order valence-corrected chi connectivity index (χ2v) is 2.41. The molecule has 0 saturated heterocycles. The molecule has 1 heteroatoms. The second-order valence-electron chi connectivity index (χ2n) is 2.41. The largest absolute Gasteiger partial charge is 0.299 e. The second kappa shape index (κ2) is 3.71. The van der Waals surface area contributed by atoms with Crippen LogP contribution in [0.5, 0.6) is 0 Å². The van der Waals surface area contributed by atoms with E-state index in [1.807, 2.05) is 31.2 Å². The van der Waals surface area contributed by atoms with E-state index in [2.05, 4.69) is 0 Å². The first kappa shape index (κ1) is 7.73. The van der Waals surface area contributed by atoms with Gasteiger partial charge in [0.1, 0.15) is 6.29 Å². The molecule has 11 heavy (non-hydrogen) atoms. The monoisotopic (exact) mass is 146 g/mol. The predicted molar refractivity (Wildman–Crippen MR) is 46.3 cm³/mol. The Hall–Kier alpha value is -1.37. The van der Waals surface area contributed by atoms with Gasteiger partial charge in [0.15, 0.2) is 0 Å². The van der Waals surface area contributed by atoms with Gasteiger partial charge in [0.05, 0.1) is 0 Å². The minimum Gasteiger partial charge on any atom is -0.299 e. The molecule has 0 fully saturated rings. The van der Waals surface area contributed by atoms with Crippen LogP contribution in [0.15, 0.2) is 30.3 Å². The summed E-state index contributed by atoms with van der Waals surface area (Å²) in [6, 6.07) is 8.00. The number of hydrogen-bond donors (Lipinski definition) is 0. The van der Waals surface area contributed by atoms with Crippen LogP contribution in [-0.2, 0) is 4.79 Å². The highest BCUT2D eigenvalue weighted by Gasteiger charge is 1.84. The van der Waals surface area contributed by atoms with E-state index in [9.17, 15) is 4.79 Å². The van der Waals surface area contributed by atoms with Gasteiger partial charge in [-0.15, -0.1) is 0 Å². The molecule has 0 aromatic heterocycles. The summed E-state index contributed by atoms with van der Waals surface area (Å²) in [7, 11) is 0. The van der Waals surface area contributed by atoms with Gasteiger partial charge in [0.2, 0.25) is 0 Å². The van der Waals surface area contributed by atoms with Crippen molar-refractivity contribution in [2.45, 2.75) is 6.92 Å². The van der Waals surface area contributed by atoms with Gasteiger partial charge in [-0.2, -0.15) is 0 Å². The van der Waals surface area contributed by atoms with Crippen molar-refractivity contribution in [3.8, 4) is 0 Å². The standard InChI is InChI=1S/C10H10O/c1-9-4-6-10(7-5-9)3-2-8-11/h2-8H,1H3/b3-2+. The van der Waals surface area contributed by atoms with Crippen LogP contribution < -0.4 is 0 Å². The molecule has 0 amide bonds. The smallest absolute Gasteiger partial charge is 0.142 e. The molecule has 0 aliphatic rings. The summed E-state index contributed by atoms with van der Waals surface area (Å²) >= 11 is 0. The maximum atomic E-state index is 9.96. The van der Waals surface area contributed by atoms with Crippen molar-refractivity contribution in [2.75, 3.05) is 0 Å². The van der Waals surface area contributed by atoms with E-state index < -0.39 is 0 Å². The normalized spacial score (nSPS) is 10.3. The molecule has 0 N–H and O–H groups in total. The van der Waals surface area contributed by atoms with Gasteiger partial charge in [0.25, 0.3) is 0 Å². The van der Waals surface area contributed by atoms with Crippen molar-refractivity contribution in [1.29, 1.82) is 0 Å². The van der Waals surface area contributed by atoms with Crippen LogP contribution in [0.1, 0.15) is 11.1 Å². The van der Waals surface area contributed by atoms with Crippen LogP contribution >= 0.6 is 0 Å². The van der Waals surface area contributed by atoms with Gasteiger partial charge in [-0.3, -0.25) is 4.79 Å². The van der Waals surface area contributed by atoms with E-state index >= 15 is 0 Å². The quantitative estimate of drug-likeness (QED) is 0.461. The van der Waals surface area contributed by atoms with Crippen LogP contribution in [0.25, 0.3) is 6.08 Å². The zero-order valence-electron chi connectivity index (χ0n) is 6.45. The number of hydrogen-bond acceptors (Lipinski definition) is 1. The third-order valence-corrected chi connectivity index (χ3v) is 1.44. The number of carbonyl (C=O) groups is 1. The highest BCUT2D eigenvalue weighted by atomic mass is 16.1. The molecule has 1 nitrogen and oxygen atoms in total. The third-order valence-electron chi connectivity index (χ3n) is 1.44. The highest BCUT2D eigenvalue weighted by Crippen LogP contribution is 2.03. The number of aldehydes is 1. The molecule has 56 valence electrons. The molecule has 0 aliphatic carbocycles. The Labute approximate surface area is 66.4 Å². The fourth-order valence-corrected chi connectivity index (χ4v) is 0.828. The first-order valence-corrected chi connectivity index (χ1v) is 3.51. The molecule has 1 rings (SSSR count). The Morgan fingerprint density at radius 3 is 2.36 bits per heavy atom. The number of carbonyl (C=O) groups excluding carboxylic acids is 1. The summed E-state index contributed by atoms with van der Waals surface area (Å²) in [6.07, 6.45) is 4.05. The number of allylic oxidation sites excluding steroid dienone is 1. The molecule has 0 saturated carbocycles. The summed E-state index contributed by atoms with van der Waals surface area (Å²) < 4.78 is 0. The number of aryl methyl sites for hydroxylation is 1. The maximum Gasteiger partial charge on any atom is 0.142 e. The zero-order chi connectivity index (χ0) is 8.10. The fourth-order valence-electron chi connectivity index (χ4n) is 0.828. The van der Waals surface area contributed by atoms with Crippen molar-refractivity contribution in [2.24, 2.45) is 0 Å². The Morgan fingerprint density at radius 2 is 1.82 bits per heavy atom. The maximum absolute atomic E-state index is 9.96. The number of benzene rings is 1. The molecule has 0 bridgehead atoms. The summed E-state index contributed by atoms with van der Waals surface area (Å²) in [5.41, 5.74) is 2.29. The summed E-state index contributed by atoms with van der Waals surface area (Å²) in [4.78, 5) is 9.96. The van der Waals surface area contributed by atoms with Crippen LogP contribution in [0.4, 0.5) is 0 Å². The lowest BCUT2D eigenvalue weighted by Crippen LogP contribution is -1.73. The van der Waals surface area contributed by atoms with Gasteiger partial charge in [-0.1, -0.05) is 35.9 Å². The molecule has 0 aliphatic heterocycles. The lowest BCUT2D eigenvalue weighted by atomic mass is 10.1. The Balaban J connectivity index is 2.81. The van der Waals surface area contributed by atoms with Crippen molar-refractivity contribution in [1.82, 2.24) is 0 Å². The number of rotatable bonds is 2. The molecule has 0 spiro atoms. The van der Waals surface area contributed by atoms with Crippen LogP contribution in [-0.4, -0.2) is 6.29 Å². The fraction of sp³-hybridized carbons (Fsp3) is 0.100. The molecule has 0 atom stereocenters. The van der Waals surface area contributed by atoms with Gasteiger partial charge in [-0.05, 0) is 18.6 Å². The van der Waals surface area contributed by atoms with E-state index in [1.54, 1.807) is 6.08 Å². The first-order chi connectivity index (χ1) is 5.33. The van der Waals surface area contributed by atoms with Crippen molar-refractivity contribution in [3.05, 3.63) is 41.5 Å². The summed E-state index contributed by atoms with van der Waals surface area (Å²) in [5, 5.41) is 0. The summed E-state index contributed by atoms with van der Waals surface area (Å²) in [5.74, 6) is 0. The lowest BCUT2D eigenvalue weighted by molar-refractivity contribution is -0.104. The van der Waals surface area contributed by atoms with Crippen LogP contribution in [0.3, 0.4) is 0 Å². The SMILES string of the molecule is Cc1ccc(/C=C/C=O)cc1. The van der Waals surface area contributed by atoms with Gasteiger partial charge in [-0.25, -0.2) is 0 Å². The molecular formula is C10H10O. The van der Waals surface area contributed by atoms with Gasteiger partial charge in [0, 0.05) is 0 Å². The van der Waals surface area contributed by atoms with Crippen molar-refractivity contribution < 1.29 is 4.79 Å². The molecular weight excluding hydrogens is 136 g/mol. The Morgan fingerprint density at radius 1 is 1.18 bits per heavy atom. The minimum absolute atomic E-state index is 0.778. The Kier molecular flexibility index (Phi) is 2.61. The molecule has 0 heterocycles. The van der Waals surface area contributed by atoms with E-state index in [-0.39, 0.29) is 0 Å². The van der Waals surface area contributed by atoms with Gasteiger partial charge < -0.3 is 0 Å². The van der Waals surface area contributed by atoms with Crippen molar-refractivity contribution >= 4 is 12.4 Å². The molecule has 0 radical (unpaired) electrons. The average Bonchev–Trinajstić information content (AvgIpc) is 2.04. The molecule has 1 aromatic carbocycles. The Bertz CT molecular complexity index is 257. The third kappa shape index (κ3) is 2.38. The van der Waals surface area contributed by atoms with E-state index in [1.165, 1.54) is 11.6 Å². The summed E-state index contributed by atoms with van der Waals surface area (Å²) in [6.45, 7) is 2.03. The van der Waals surface area contributed by atoms with Crippen LogP contribution in [0, 0.1) is 6.92 Å². The van der Waals surface area contributed by atoms with E-state index in [0.29, 0.717) is 0 Å². The predicted octanol–water partition coefficient (Wildman–Crippen LogP) is 2.21. The van der Waals surface area contributed by atoms with E-state index in [0.717, 1.165) is 11.8 Å². The highest BCUT2D eigenvalue weighted by molar-refractivity contribution is 5.73. The topological polar surface area (TPSA) is 17.1 Å². The van der Waals surface area contributed by atoms with Crippen LogP contribution in [0.2, 0.25) is 0 Å². The average molecular weight is 146 g/mol. The molecule has 1 aromatic rings. The van der Waals surface area contributed by atoms with Gasteiger partial charge >= 0.3 is 0 Å². The first-order valence-electron chi connectivity index (χ1n) is 3.51. The lowest BCUT2D eigenvalue weighted by Gasteiger charge is -1.92. The van der Waals surface area contributed by atoms with Crippen molar-refractivity contribution in [3.63, 3.8) is 0 Å². The zero-order valence-corrected chi connectivity index (χ0v) is 6.45.